The lowest BCUT2D eigenvalue weighted by Gasteiger charge is -2.26. The number of aliphatic hydroxyl groups is 1. The molecular weight excluding hydrogens is 412 g/mol. The van der Waals surface area contributed by atoms with E-state index in [1.165, 1.54) is 6.92 Å². The number of hydrogen-bond donors (Lipinski definition) is 4. The predicted molar refractivity (Wildman–Crippen MR) is 118 cm³/mol. The SMILES string of the molecule is CCC(CNC(=O)OCC1c2ccccc2-c2ccccc21)C(=O)NC(C)(CO)C(=O)O. The topological polar surface area (TPSA) is 125 Å². The summed E-state index contributed by atoms with van der Waals surface area (Å²) >= 11 is 0. The van der Waals surface area contributed by atoms with Gasteiger partial charge < -0.3 is 25.6 Å². The first-order valence-corrected chi connectivity index (χ1v) is 10.6. The van der Waals surface area contributed by atoms with Crippen molar-refractivity contribution in [2.75, 3.05) is 19.8 Å². The summed E-state index contributed by atoms with van der Waals surface area (Å²) in [5.41, 5.74) is 2.68. The van der Waals surface area contributed by atoms with E-state index < -0.39 is 36.0 Å². The molecule has 2 unspecified atom stereocenters. The highest BCUT2D eigenvalue weighted by Gasteiger charge is 2.36. The highest BCUT2D eigenvalue weighted by atomic mass is 16.5. The van der Waals surface area contributed by atoms with Crippen molar-refractivity contribution in [1.82, 2.24) is 10.6 Å². The summed E-state index contributed by atoms with van der Waals surface area (Å²) in [4.78, 5) is 36.0. The first-order valence-electron chi connectivity index (χ1n) is 10.6. The number of benzene rings is 2. The van der Waals surface area contributed by atoms with Gasteiger partial charge in [-0.2, -0.15) is 0 Å². The average Bonchev–Trinajstić information content (AvgIpc) is 3.11. The number of rotatable bonds is 9. The molecule has 0 fully saturated rings. The van der Waals surface area contributed by atoms with Crippen molar-refractivity contribution in [3.05, 3.63) is 59.7 Å². The number of amides is 2. The van der Waals surface area contributed by atoms with E-state index in [1.807, 2.05) is 36.4 Å². The third kappa shape index (κ3) is 4.75. The van der Waals surface area contributed by atoms with Gasteiger partial charge in [0.05, 0.1) is 12.5 Å². The van der Waals surface area contributed by atoms with Gasteiger partial charge >= 0.3 is 12.1 Å². The molecule has 0 heterocycles. The summed E-state index contributed by atoms with van der Waals surface area (Å²) < 4.78 is 5.46. The van der Waals surface area contributed by atoms with Crippen LogP contribution in [0.25, 0.3) is 11.1 Å². The van der Waals surface area contributed by atoms with E-state index in [1.54, 1.807) is 6.92 Å². The number of carbonyl (C=O) groups is 3. The van der Waals surface area contributed by atoms with Crippen LogP contribution in [0.2, 0.25) is 0 Å². The maximum atomic E-state index is 12.4. The smallest absolute Gasteiger partial charge is 0.407 e. The largest absolute Gasteiger partial charge is 0.479 e. The van der Waals surface area contributed by atoms with E-state index in [9.17, 15) is 24.6 Å². The van der Waals surface area contributed by atoms with Gasteiger partial charge in [0.15, 0.2) is 5.54 Å². The quantitative estimate of drug-likeness (QED) is 0.475. The van der Waals surface area contributed by atoms with Gasteiger partial charge in [-0.25, -0.2) is 9.59 Å². The van der Waals surface area contributed by atoms with Crippen molar-refractivity contribution >= 4 is 18.0 Å². The second-order valence-corrected chi connectivity index (χ2v) is 8.10. The Morgan fingerprint density at radius 3 is 2.12 bits per heavy atom. The molecule has 32 heavy (non-hydrogen) atoms. The van der Waals surface area contributed by atoms with Crippen molar-refractivity contribution < 1.29 is 29.3 Å². The van der Waals surface area contributed by atoms with Gasteiger partial charge in [0.25, 0.3) is 0 Å². The lowest BCUT2D eigenvalue weighted by Crippen LogP contribution is -2.57. The summed E-state index contributed by atoms with van der Waals surface area (Å²) in [6.45, 7) is 2.37. The van der Waals surface area contributed by atoms with Crippen molar-refractivity contribution in [3.8, 4) is 11.1 Å². The van der Waals surface area contributed by atoms with Crippen LogP contribution in [-0.4, -0.2) is 53.5 Å². The summed E-state index contributed by atoms with van der Waals surface area (Å²) in [6, 6.07) is 16.0. The Morgan fingerprint density at radius 1 is 1.06 bits per heavy atom. The Morgan fingerprint density at radius 2 is 1.62 bits per heavy atom. The molecule has 2 atom stereocenters. The Bertz CT molecular complexity index is 962. The Kier molecular flexibility index (Phi) is 7.15. The van der Waals surface area contributed by atoms with Crippen LogP contribution in [0, 0.1) is 5.92 Å². The second kappa shape index (κ2) is 9.82. The third-order valence-electron chi connectivity index (χ3n) is 5.89. The van der Waals surface area contributed by atoms with Crippen LogP contribution in [0.4, 0.5) is 4.79 Å². The average molecular weight is 440 g/mol. The summed E-state index contributed by atoms with van der Waals surface area (Å²) in [6.07, 6.45) is -0.280. The van der Waals surface area contributed by atoms with Gasteiger partial charge in [0.2, 0.25) is 5.91 Å². The molecule has 0 radical (unpaired) electrons. The molecule has 0 aliphatic heterocycles. The lowest BCUT2D eigenvalue weighted by molar-refractivity contribution is -0.149. The molecule has 1 aliphatic carbocycles. The molecule has 2 aromatic rings. The fourth-order valence-electron chi connectivity index (χ4n) is 3.81. The van der Waals surface area contributed by atoms with Crippen molar-refractivity contribution in [2.24, 2.45) is 5.92 Å². The minimum Gasteiger partial charge on any atom is -0.479 e. The molecule has 0 spiro atoms. The molecule has 2 aromatic carbocycles. The van der Waals surface area contributed by atoms with Crippen LogP contribution < -0.4 is 10.6 Å². The minimum absolute atomic E-state index is 0.0138. The van der Waals surface area contributed by atoms with Crippen molar-refractivity contribution in [3.63, 3.8) is 0 Å². The number of hydrogen-bond acceptors (Lipinski definition) is 5. The van der Waals surface area contributed by atoms with Gasteiger partial charge in [-0.1, -0.05) is 55.5 Å². The predicted octanol–water partition coefficient (Wildman–Crippen LogP) is 2.50. The van der Waals surface area contributed by atoms with Gasteiger partial charge in [-0.15, -0.1) is 0 Å². The monoisotopic (exact) mass is 440 g/mol. The maximum absolute atomic E-state index is 12.4. The number of carbonyl (C=O) groups excluding carboxylic acids is 2. The van der Waals surface area contributed by atoms with Crippen LogP contribution in [-0.2, 0) is 14.3 Å². The number of ether oxygens (including phenoxy) is 1. The molecule has 0 aromatic heterocycles. The van der Waals surface area contributed by atoms with E-state index >= 15 is 0 Å². The first kappa shape index (κ1) is 23.3. The van der Waals surface area contributed by atoms with Crippen LogP contribution in [0.1, 0.15) is 37.3 Å². The summed E-state index contributed by atoms with van der Waals surface area (Å²) in [5.74, 6) is -2.64. The van der Waals surface area contributed by atoms with Crippen LogP contribution in [0.3, 0.4) is 0 Å². The van der Waals surface area contributed by atoms with Crippen LogP contribution in [0.5, 0.6) is 0 Å². The fraction of sp³-hybridized carbons (Fsp3) is 0.375. The van der Waals surface area contributed by atoms with E-state index in [2.05, 4.69) is 22.8 Å². The molecule has 1 aliphatic rings. The van der Waals surface area contributed by atoms with Crippen LogP contribution >= 0.6 is 0 Å². The van der Waals surface area contributed by atoms with Crippen molar-refractivity contribution in [2.45, 2.75) is 31.7 Å². The van der Waals surface area contributed by atoms with Gasteiger partial charge in [0, 0.05) is 12.5 Å². The van der Waals surface area contributed by atoms with E-state index in [-0.39, 0.29) is 19.1 Å². The molecule has 8 nitrogen and oxygen atoms in total. The van der Waals surface area contributed by atoms with Gasteiger partial charge in [-0.05, 0) is 35.6 Å². The zero-order chi connectivity index (χ0) is 23.3. The highest BCUT2D eigenvalue weighted by molar-refractivity contribution is 5.88. The number of carboxylic acids is 1. The molecule has 2 amide bonds. The normalized spacial score (nSPS) is 15.1. The Balaban J connectivity index is 1.57. The summed E-state index contributed by atoms with van der Waals surface area (Å²) in [5, 5.41) is 23.4. The number of carboxylic acid groups (broad SMARTS) is 1. The van der Waals surface area contributed by atoms with Crippen molar-refractivity contribution in [1.29, 1.82) is 0 Å². The molecular formula is C24H28N2O6. The molecule has 170 valence electrons. The van der Waals surface area contributed by atoms with Gasteiger partial charge in [-0.3, -0.25) is 4.79 Å². The third-order valence-corrected chi connectivity index (χ3v) is 5.89. The molecule has 0 saturated heterocycles. The Labute approximate surface area is 186 Å². The highest BCUT2D eigenvalue weighted by Crippen LogP contribution is 2.44. The number of alkyl carbamates (subject to hydrolysis) is 1. The van der Waals surface area contributed by atoms with E-state index in [0.717, 1.165) is 22.3 Å². The number of nitrogens with one attached hydrogen (secondary N) is 2. The fourth-order valence-corrected chi connectivity index (χ4v) is 3.81. The molecule has 0 bridgehead atoms. The van der Waals surface area contributed by atoms with E-state index in [4.69, 9.17) is 4.74 Å². The van der Waals surface area contributed by atoms with E-state index in [0.29, 0.717) is 6.42 Å². The van der Waals surface area contributed by atoms with Crippen LogP contribution in [0.15, 0.2) is 48.5 Å². The Hall–Kier alpha value is -3.39. The number of fused-ring (bicyclic) bond motifs is 3. The summed E-state index contributed by atoms with van der Waals surface area (Å²) in [7, 11) is 0. The number of aliphatic hydroxyl groups excluding tert-OH is 1. The molecule has 0 saturated carbocycles. The number of aliphatic carboxylic acids is 1. The molecule has 4 N–H and O–H groups in total. The first-order chi connectivity index (χ1) is 15.3. The zero-order valence-corrected chi connectivity index (χ0v) is 18.1. The van der Waals surface area contributed by atoms with Gasteiger partial charge in [0.1, 0.15) is 6.61 Å². The minimum atomic E-state index is -1.78. The maximum Gasteiger partial charge on any atom is 0.407 e. The molecule has 3 rings (SSSR count). The standard InChI is InChI=1S/C24H28N2O6/c1-3-15(21(28)26-24(2,14-27)22(29)30)12-25-23(31)32-13-20-18-10-6-4-8-16(18)17-9-5-7-11-19(17)20/h4-11,15,20,27H,3,12-14H2,1-2H3,(H,25,31)(H,26,28)(H,29,30). The lowest BCUT2D eigenvalue weighted by atomic mass is 9.98. The zero-order valence-electron chi connectivity index (χ0n) is 18.1. The second-order valence-electron chi connectivity index (χ2n) is 8.10. The molecule has 8 heteroatoms.